The van der Waals surface area contributed by atoms with E-state index in [-0.39, 0.29) is 16.1 Å². The molecule has 5 N–H and O–H groups in total. The Hall–Kier alpha value is -2.06. The predicted molar refractivity (Wildman–Crippen MR) is 84.3 cm³/mol. The molecule has 0 radical (unpaired) electrons. The highest BCUT2D eigenvalue weighted by Gasteiger charge is 2.18. The number of carbonyl (C=O) groups excluding carboxylic acids is 1. The molecule has 0 saturated heterocycles. The second-order valence-electron chi connectivity index (χ2n) is 4.20. The van der Waals surface area contributed by atoms with Gasteiger partial charge in [-0.2, -0.15) is 0 Å². The first-order chi connectivity index (χ1) is 9.81. The molecule has 0 spiro atoms. The van der Waals surface area contributed by atoms with Crippen LogP contribution in [-0.2, 0) is 10.0 Å². The molecule has 8 heteroatoms. The van der Waals surface area contributed by atoms with E-state index in [1.165, 1.54) is 30.3 Å². The summed E-state index contributed by atoms with van der Waals surface area (Å²) in [6.07, 6.45) is 0. The van der Waals surface area contributed by atoms with Gasteiger partial charge < -0.3 is 11.5 Å². The molecule has 6 nitrogen and oxygen atoms in total. The minimum atomic E-state index is -3.87. The fourth-order valence-electron chi connectivity index (χ4n) is 1.68. The number of nitrogens with one attached hydrogen (secondary N) is 1. The number of rotatable bonds is 4. The lowest BCUT2D eigenvalue weighted by atomic mass is 10.2. The maximum absolute atomic E-state index is 12.3. The van der Waals surface area contributed by atoms with E-state index < -0.39 is 15.9 Å². The Bertz CT molecular complexity index is 806. The van der Waals surface area contributed by atoms with Crippen LogP contribution in [0.5, 0.6) is 0 Å². The number of para-hydroxylation sites is 1. The van der Waals surface area contributed by atoms with Gasteiger partial charge in [0.05, 0.1) is 16.1 Å². The van der Waals surface area contributed by atoms with E-state index in [4.69, 9.17) is 11.5 Å². The molecule has 0 saturated carbocycles. The molecular formula is C13H12BrN3O3S. The lowest BCUT2D eigenvalue weighted by molar-refractivity contribution is 0.100. The molecule has 2 aromatic rings. The van der Waals surface area contributed by atoms with Gasteiger partial charge in [0.1, 0.15) is 0 Å². The van der Waals surface area contributed by atoms with Crippen molar-refractivity contribution in [2.24, 2.45) is 5.73 Å². The van der Waals surface area contributed by atoms with E-state index in [0.29, 0.717) is 10.2 Å². The molecule has 21 heavy (non-hydrogen) atoms. The number of hydrogen-bond acceptors (Lipinski definition) is 4. The van der Waals surface area contributed by atoms with Crippen LogP contribution in [0.1, 0.15) is 10.4 Å². The largest absolute Gasteiger partial charge is 0.398 e. The topological polar surface area (TPSA) is 115 Å². The van der Waals surface area contributed by atoms with Crippen LogP contribution in [-0.4, -0.2) is 14.3 Å². The molecule has 1 amide bonds. The number of primary amides is 1. The van der Waals surface area contributed by atoms with E-state index in [0.717, 1.165) is 0 Å². The van der Waals surface area contributed by atoms with Crippen LogP contribution in [0.15, 0.2) is 51.8 Å². The van der Waals surface area contributed by atoms with Crippen LogP contribution >= 0.6 is 15.9 Å². The van der Waals surface area contributed by atoms with E-state index >= 15 is 0 Å². The van der Waals surface area contributed by atoms with E-state index in [2.05, 4.69) is 20.7 Å². The van der Waals surface area contributed by atoms with E-state index in [9.17, 15) is 13.2 Å². The van der Waals surface area contributed by atoms with Crippen molar-refractivity contribution in [2.75, 3.05) is 10.5 Å². The quantitative estimate of drug-likeness (QED) is 0.713. The molecule has 2 aromatic carbocycles. The fourth-order valence-corrected chi connectivity index (χ4v) is 3.04. The smallest absolute Gasteiger partial charge is 0.261 e. The lowest BCUT2D eigenvalue weighted by Crippen LogP contribution is -2.18. The molecule has 0 atom stereocenters. The van der Waals surface area contributed by atoms with Crippen molar-refractivity contribution in [2.45, 2.75) is 4.90 Å². The van der Waals surface area contributed by atoms with Crippen molar-refractivity contribution in [1.29, 1.82) is 0 Å². The second-order valence-corrected chi connectivity index (χ2v) is 6.74. The van der Waals surface area contributed by atoms with Gasteiger partial charge in [0.2, 0.25) is 0 Å². The first-order valence-electron chi connectivity index (χ1n) is 5.78. The van der Waals surface area contributed by atoms with Crippen LogP contribution < -0.4 is 16.2 Å². The molecule has 0 fully saturated rings. The fraction of sp³-hybridized carbons (Fsp3) is 0. The molecule has 0 unspecified atom stereocenters. The number of halogens is 1. The Balaban J connectivity index is 2.42. The van der Waals surface area contributed by atoms with Crippen molar-refractivity contribution in [3.8, 4) is 0 Å². The summed E-state index contributed by atoms with van der Waals surface area (Å²) in [4.78, 5) is 11.3. The van der Waals surface area contributed by atoms with Gasteiger partial charge >= 0.3 is 0 Å². The second kappa shape index (κ2) is 5.74. The zero-order valence-electron chi connectivity index (χ0n) is 10.7. The number of carbonyl (C=O) groups is 1. The van der Waals surface area contributed by atoms with Gasteiger partial charge in [-0.25, -0.2) is 8.42 Å². The Labute approximate surface area is 130 Å². The van der Waals surface area contributed by atoms with Crippen molar-refractivity contribution in [3.63, 3.8) is 0 Å². The number of nitrogen functional groups attached to an aromatic ring is 1. The summed E-state index contributed by atoms with van der Waals surface area (Å²) in [6.45, 7) is 0. The van der Waals surface area contributed by atoms with Gasteiger partial charge in [-0.05, 0) is 46.3 Å². The van der Waals surface area contributed by atoms with Gasteiger partial charge in [0.25, 0.3) is 15.9 Å². The highest BCUT2D eigenvalue weighted by molar-refractivity contribution is 9.10. The van der Waals surface area contributed by atoms with Gasteiger partial charge in [-0.15, -0.1) is 0 Å². The maximum Gasteiger partial charge on any atom is 0.261 e. The molecule has 2 rings (SSSR count). The molecule has 110 valence electrons. The van der Waals surface area contributed by atoms with Gasteiger partial charge in [0, 0.05) is 10.2 Å². The van der Waals surface area contributed by atoms with Crippen LogP contribution in [0.25, 0.3) is 0 Å². The third-order valence-electron chi connectivity index (χ3n) is 2.71. The molecule has 0 heterocycles. The monoisotopic (exact) mass is 369 g/mol. The average Bonchev–Trinajstić information content (AvgIpc) is 2.41. The van der Waals surface area contributed by atoms with Crippen LogP contribution in [0.3, 0.4) is 0 Å². The summed E-state index contributed by atoms with van der Waals surface area (Å²) in [5, 5.41) is 0. The molecule has 0 aliphatic carbocycles. The molecule has 0 aromatic heterocycles. The normalized spacial score (nSPS) is 11.1. The summed E-state index contributed by atoms with van der Waals surface area (Å²) in [7, 11) is -3.87. The number of hydrogen-bond donors (Lipinski definition) is 3. The first kappa shape index (κ1) is 15.3. The summed E-state index contributed by atoms with van der Waals surface area (Å²) < 4.78 is 27.5. The SMILES string of the molecule is NC(=O)c1ccccc1NS(=O)(=O)c1ccc(Br)c(N)c1. The van der Waals surface area contributed by atoms with Crippen LogP contribution in [0.4, 0.5) is 11.4 Å². The number of sulfonamides is 1. The lowest BCUT2D eigenvalue weighted by Gasteiger charge is -2.11. The molecular weight excluding hydrogens is 358 g/mol. The standard InChI is InChI=1S/C13H12BrN3O3S/c14-10-6-5-8(7-11(10)15)21(19,20)17-12-4-2-1-3-9(12)13(16)18/h1-7,17H,15H2,(H2,16,18). The number of nitrogens with two attached hydrogens (primary N) is 2. The minimum Gasteiger partial charge on any atom is -0.398 e. The molecule has 0 aliphatic heterocycles. The van der Waals surface area contributed by atoms with Gasteiger partial charge in [-0.1, -0.05) is 12.1 Å². The van der Waals surface area contributed by atoms with E-state index in [1.54, 1.807) is 12.1 Å². The maximum atomic E-state index is 12.3. The third kappa shape index (κ3) is 3.34. The summed E-state index contributed by atoms with van der Waals surface area (Å²) in [6, 6.07) is 10.3. The highest BCUT2D eigenvalue weighted by atomic mass is 79.9. The zero-order valence-corrected chi connectivity index (χ0v) is 13.1. The van der Waals surface area contributed by atoms with Crippen molar-refractivity contribution in [3.05, 3.63) is 52.5 Å². The first-order valence-corrected chi connectivity index (χ1v) is 8.05. The average molecular weight is 370 g/mol. The Morgan fingerprint density at radius 2 is 1.81 bits per heavy atom. The van der Waals surface area contributed by atoms with Crippen molar-refractivity contribution >= 4 is 43.2 Å². The summed E-state index contributed by atoms with van der Waals surface area (Å²) in [5.74, 6) is -0.719. The zero-order chi connectivity index (χ0) is 15.6. The third-order valence-corrected chi connectivity index (χ3v) is 4.80. The minimum absolute atomic E-state index is 0.0116. The highest BCUT2D eigenvalue weighted by Crippen LogP contribution is 2.25. The number of anilines is 2. The van der Waals surface area contributed by atoms with Gasteiger partial charge in [-0.3, -0.25) is 9.52 Å². The molecule has 0 bridgehead atoms. The van der Waals surface area contributed by atoms with Crippen molar-refractivity contribution < 1.29 is 13.2 Å². The van der Waals surface area contributed by atoms with Crippen molar-refractivity contribution in [1.82, 2.24) is 0 Å². The summed E-state index contributed by atoms with van der Waals surface area (Å²) >= 11 is 3.19. The van der Waals surface area contributed by atoms with Gasteiger partial charge in [0.15, 0.2) is 0 Å². The Kier molecular flexibility index (Phi) is 4.19. The number of amides is 1. The number of benzene rings is 2. The molecule has 0 aliphatic rings. The van der Waals surface area contributed by atoms with E-state index in [1.807, 2.05) is 0 Å². The summed E-state index contributed by atoms with van der Waals surface area (Å²) in [5.41, 5.74) is 11.4. The Morgan fingerprint density at radius 1 is 1.14 bits per heavy atom. The predicted octanol–water partition coefficient (Wildman–Crippen LogP) is 1.93. The van der Waals surface area contributed by atoms with Crippen LogP contribution in [0, 0.1) is 0 Å². The van der Waals surface area contributed by atoms with Crippen LogP contribution in [0.2, 0.25) is 0 Å². The Morgan fingerprint density at radius 3 is 2.43 bits per heavy atom.